The summed E-state index contributed by atoms with van der Waals surface area (Å²) in [6, 6.07) is 3.06. The third kappa shape index (κ3) is 3.68. The van der Waals surface area contributed by atoms with Gasteiger partial charge in [-0.05, 0) is 37.1 Å². The lowest BCUT2D eigenvalue weighted by molar-refractivity contribution is -0.247. The summed E-state index contributed by atoms with van der Waals surface area (Å²) in [6.07, 6.45) is -2.52. The molecule has 0 radical (unpaired) electrons. The van der Waals surface area contributed by atoms with Gasteiger partial charge in [-0.1, -0.05) is 6.92 Å². The number of phenolic OH excluding ortho intramolecular Hbond substituents is 3. The van der Waals surface area contributed by atoms with Crippen molar-refractivity contribution in [3.05, 3.63) is 51.6 Å². The van der Waals surface area contributed by atoms with Crippen molar-refractivity contribution in [2.45, 2.75) is 75.8 Å². The quantitative estimate of drug-likeness (QED) is 0.289. The predicted octanol–water partition coefficient (Wildman–Crippen LogP) is 1.55. The first-order valence-corrected chi connectivity index (χ1v) is 12.0. The fraction of sp³-hybridized carbons (Fsp3) is 0.462. The lowest BCUT2D eigenvalue weighted by Gasteiger charge is -2.42. The normalized spacial score (nSPS) is 31.5. The second-order valence-electron chi connectivity index (χ2n) is 9.98. The number of aromatic hydroxyl groups is 3. The Bertz CT molecular complexity index is 1260. The highest BCUT2D eigenvalue weighted by Crippen LogP contribution is 2.49. The van der Waals surface area contributed by atoms with Gasteiger partial charge >= 0.3 is 0 Å². The minimum atomic E-state index is -1.22. The van der Waals surface area contributed by atoms with Crippen LogP contribution in [0.1, 0.15) is 82.2 Å². The molecule has 7 N–H and O–H groups in total. The van der Waals surface area contributed by atoms with Crippen LogP contribution >= 0.6 is 0 Å². The van der Waals surface area contributed by atoms with Gasteiger partial charge < -0.3 is 40.7 Å². The highest BCUT2D eigenvalue weighted by atomic mass is 16.7. The maximum absolute atomic E-state index is 13.4. The highest BCUT2D eigenvalue weighted by molar-refractivity contribution is 6.31. The number of aliphatic hydroxyl groups excluding tert-OH is 1. The van der Waals surface area contributed by atoms with Crippen molar-refractivity contribution in [1.29, 1.82) is 0 Å². The topological polar surface area (TPSA) is 180 Å². The first-order chi connectivity index (χ1) is 17.0. The van der Waals surface area contributed by atoms with E-state index >= 15 is 0 Å². The smallest absolute Gasteiger partial charge is 0.202 e. The summed E-state index contributed by atoms with van der Waals surface area (Å²) in [6.45, 7) is 3.46. The van der Waals surface area contributed by atoms with Gasteiger partial charge in [0.25, 0.3) is 0 Å². The number of aliphatic hydroxyl groups is 2. The van der Waals surface area contributed by atoms with E-state index in [-0.39, 0.29) is 47.1 Å². The minimum Gasteiger partial charge on any atom is -0.507 e. The fourth-order valence-corrected chi connectivity index (χ4v) is 5.57. The molecule has 6 atom stereocenters. The molecule has 6 unspecified atom stereocenters. The van der Waals surface area contributed by atoms with Gasteiger partial charge in [-0.2, -0.15) is 0 Å². The second-order valence-corrected chi connectivity index (χ2v) is 9.98. The standard InChI is InChI=1S/C26H29NO9/c1-3-26(34)8-11-6-12-19(25(33)21-15(29)5-4-14(28)20(21)23(12)31)24(32)18(11)16(9-26)36-17-7-13(27)22(30)10(2)35-17/h4-6,10,13,16-17,22,28-30,32,34H,3,7-9,27H2,1-2H3. The van der Waals surface area contributed by atoms with E-state index < -0.39 is 65.1 Å². The molecular formula is C26H29NO9. The maximum atomic E-state index is 13.4. The van der Waals surface area contributed by atoms with Crippen LogP contribution in [0.4, 0.5) is 0 Å². The van der Waals surface area contributed by atoms with Crippen molar-refractivity contribution < 1.29 is 44.6 Å². The summed E-state index contributed by atoms with van der Waals surface area (Å²) in [5.74, 6) is -2.97. The molecule has 1 heterocycles. The van der Waals surface area contributed by atoms with E-state index in [1.165, 1.54) is 6.07 Å². The van der Waals surface area contributed by atoms with Crippen molar-refractivity contribution >= 4 is 11.6 Å². The molecule has 2 aromatic carbocycles. The molecule has 0 saturated carbocycles. The van der Waals surface area contributed by atoms with Crippen LogP contribution in [-0.2, 0) is 15.9 Å². The summed E-state index contributed by atoms with van der Waals surface area (Å²) in [4.78, 5) is 26.7. The highest BCUT2D eigenvalue weighted by Gasteiger charge is 2.45. The zero-order chi connectivity index (χ0) is 26.1. The fourth-order valence-electron chi connectivity index (χ4n) is 5.57. The molecule has 10 nitrogen and oxygen atoms in total. The number of fused-ring (bicyclic) bond motifs is 3. The summed E-state index contributed by atoms with van der Waals surface area (Å²) in [5, 5.41) is 53.3. The van der Waals surface area contributed by atoms with E-state index in [1.807, 2.05) is 0 Å². The van der Waals surface area contributed by atoms with Crippen LogP contribution in [0.15, 0.2) is 18.2 Å². The Morgan fingerprint density at radius 3 is 2.36 bits per heavy atom. The zero-order valence-electron chi connectivity index (χ0n) is 19.9. The Labute approximate surface area is 206 Å². The van der Waals surface area contributed by atoms with Gasteiger partial charge in [-0.15, -0.1) is 0 Å². The van der Waals surface area contributed by atoms with E-state index in [0.29, 0.717) is 12.0 Å². The SMILES string of the molecule is CCC1(O)Cc2cc3c(c(O)c2C(OC2CC(N)C(O)C(C)O2)C1)C(=O)c1c(O)ccc(O)c1C3=O. The number of hydrogen-bond donors (Lipinski definition) is 6. The van der Waals surface area contributed by atoms with Crippen LogP contribution in [0, 0.1) is 0 Å². The van der Waals surface area contributed by atoms with Crippen LogP contribution in [0.3, 0.4) is 0 Å². The number of benzene rings is 2. The number of hydrogen-bond acceptors (Lipinski definition) is 10. The average molecular weight is 500 g/mol. The van der Waals surface area contributed by atoms with E-state index in [4.69, 9.17) is 15.2 Å². The number of carbonyl (C=O) groups is 2. The van der Waals surface area contributed by atoms with Crippen molar-refractivity contribution in [2.75, 3.05) is 0 Å². The van der Waals surface area contributed by atoms with Gasteiger partial charge in [-0.3, -0.25) is 9.59 Å². The summed E-state index contributed by atoms with van der Waals surface area (Å²) < 4.78 is 11.9. The maximum Gasteiger partial charge on any atom is 0.202 e. The van der Waals surface area contributed by atoms with E-state index in [1.54, 1.807) is 13.8 Å². The first-order valence-electron chi connectivity index (χ1n) is 12.0. The lowest BCUT2D eigenvalue weighted by atomic mass is 9.73. The van der Waals surface area contributed by atoms with Crippen molar-refractivity contribution in [3.63, 3.8) is 0 Å². The molecule has 1 saturated heterocycles. The van der Waals surface area contributed by atoms with Gasteiger partial charge in [0.2, 0.25) is 5.78 Å². The van der Waals surface area contributed by atoms with Gasteiger partial charge in [-0.25, -0.2) is 0 Å². The molecule has 36 heavy (non-hydrogen) atoms. The van der Waals surface area contributed by atoms with Gasteiger partial charge in [0.1, 0.15) is 17.2 Å². The van der Waals surface area contributed by atoms with Gasteiger partial charge in [0, 0.05) is 36.4 Å². The van der Waals surface area contributed by atoms with Crippen molar-refractivity contribution in [3.8, 4) is 17.2 Å². The van der Waals surface area contributed by atoms with Gasteiger partial charge in [0.15, 0.2) is 12.1 Å². The Kier molecular flexibility index (Phi) is 5.85. The van der Waals surface area contributed by atoms with Crippen LogP contribution in [0.2, 0.25) is 0 Å². The molecule has 1 aliphatic heterocycles. The second kappa shape index (κ2) is 8.53. The Hall–Kier alpha value is -3.02. The number of nitrogens with two attached hydrogens (primary N) is 1. The van der Waals surface area contributed by atoms with Crippen molar-refractivity contribution in [1.82, 2.24) is 0 Å². The molecule has 192 valence electrons. The average Bonchev–Trinajstić information content (AvgIpc) is 2.81. The molecule has 3 aliphatic rings. The molecular weight excluding hydrogens is 470 g/mol. The number of carbonyl (C=O) groups excluding carboxylic acids is 2. The number of ether oxygens (including phenoxy) is 2. The van der Waals surface area contributed by atoms with Crippen LogP contribution < -0.4 is 5.73 Å². The molecule has 10 heteroatoms. The summed E-state index contributed by atoms with van der Waals surface area (Å²) in [7, 11) is 0. The number of ketones is 2. The molecule has 2 aromatic rings. The van der Waals surface area contributed by atoms with E-state index in [2.05, 4.69) is 0 Å². The zero-order valence-corrected chi connectivity index (χ0v) is 19.9. The minimum absolute atomic E-state index is 0.0830. The van der Waals surface area contributed by atoms with Crippen LogP contribution in [-0.4, -0.2) is 67.2 Å². The Balaban J connectivity index is 1.63. The summed E-state index contributed by atoms with van der Waals surface area (Å²) >= 11 is 0. The molecule has 1 fully saturated rings. The molecule has 5 rings (SSSR count). The monoisotopic (exact) mass is 499 g/mol. The third-order valence-electron chi connectivity index (χ3n) is 7.64. The Morgan fingerprint density at radius 1 is 1.11 bits per heavy atom. The van der Waals surface area contributed by atoms with Gasteiger partial charge in [0.05, 0.1) is 40.6 Å². The van der Waals surface area contributed by atoms with Crippen LogP contribution in [0.5, 0.6) is 17.2 Å². The van der Waals surface area contributed by atoms with Crippen LogP contribution in [0.25, 0.3) is 0 Å². The number of phenols is 3. The molecule has 0 amide bonds. The number of rotatable bonds is 3. The lowest BCUT2D eigenvalue weighted by Crippen LogP contribution is -2.52. The molecule has 0 spiro atoms. The molecule has 0 bridgehead atoms. The Morgan fingerprint density at radius 2 is 1.75 bits per heavy atom. The van der Waals surface area contributed by atoms with Crippen molar-refractivity contribution in [2.24, 2.45) is 5.73 Å². The van der Waals surface area contributed by atoms with E-state index in [0.717, 1.165) is 12.1 Å². The first kappa shape index (κ1) is 24.7. The summed E-state index contributed by atoms with van der Waals surface area (Å²) in [5.41, 5.74) is 4.33. The van der Waals surface area contributed by atoms with E-state index in [9.17, 15) is 35.1 Å². The largest absolute Gasteiger partial charge is 0.507 e. The predicted molar refractivity (Wildman–Crippen MR) is 125 cm³/mol. The molecule has 2 aliphatic carbocycles. The third-order valence-corrected chi connectivity index (χ3v) is 7.64. The molecule has 0 aromatic heterocycles.